The molecule has 0 fully saturated rings. The van der Waals surface area contributed by atoms with E-state index in [1.807, 2.05) is 92.7 Å². The van der Waals surface area contributed by atoms with Gasteiger partial charge in [-0.1, -0.05) is 68.4 Å². The van der Waals surface area contributed by atoms with Gasteiger partial charge in [-0.2, -0.15) is 5.10 Å². The molecule has 2 N–H and O–H groups in total. The molecule has 4 aromatic rings. The van der Waals surface area contributed by atoms with Crippen molar-refractivity contribution in [3.05, 3.63) is 102 Å². The van der Waals surface area contributed by atoms with Crippen molar-refractivity contribution in [3.63, 3.8) is 0 Å². The molecule has 2 amide bonds. The molecule has 7 nitrogen and oxygen atoms in total. The van der Waals surface area contributed by atoms with Gasteiger partial charge in [-0.25, -0.2) is 0 Å². The maximum absolute atomic E-state index is 13.3. The number of methoxy groups -OCH3 is 1. The van der Waals surface area contributed by atoms with E-state index in [-0.39, 0.29) is 17.7 Å². The fourth-order valence-electron chi connectivity index (χ4n) is 3.75. The third-order valence-electron chi connectivity index (χ3n) is 5.71. The number of benzene rings is 3. The summed E-state index contributed by atoms with van der Waals surface area (Å²) in [6.45, 7) is 4.54. The van der Waals surface area contributed by atoms with Gasteiger partial charge in [-0.05, 0) is 35.4 Å². The van der Waals surface area contributed by atoms with Crippen LogP contribution in [-0.4, -0.2) is 28.7 Å². The molecule has 4 rings (SSSR count). The third-order valence-corrected chi connectivity index (χ3v) is 5.71. The molecule has 36 heavy (non-hydrogen) atoms. The second kappa shape index (κ2) is 11.4. The Bertz CT molecular complexity index is 1350. The van der Waals surface area contributed by atoms with E-state index in [0.29, 0.717) is 35.8 Å². The number of hydrogen-bond acceptors (Lipinski definition) is 4. The zero-order valence-corrected chi connectivity index (χ0v) is 20.7. The van der Waals surface area contributed by atoms with Crippen molar-refractivity contribution in [1.29, 1.82) is 0 Å². The second-order valence-electron chi connectivity index (χ2n) is 8.83. The molecule has 0 radical (unpaired) electrons. The molecule has 0 unspecified atom stereocenters. The van der Waals surface area contributed by atoms with Crippen LogP contribution in [0.15, 0.2) is 85.1 Å². The average Bonchev–Trinajstić information content (AvgIpc) is 3.32. The number of amides is 2. The summed E-state index contributed by atoms with van der Waals surface area (Å²) in [5, 5.41) is 10.6. The van der Waals surface area contributed by atoms with Gasteiger partial charge in [-0.15, -0.1) is 0 Å². The Hall–Kier alpha value is -4.39. The maximum Gasteiger partial charge on any atom is 0.255 e. The Labute approximate surface area is 211 Å². The average molecular weight is 483 g/mol. The molecular formula is C29H30N4O3. The smallest absolute Gasteiger partial charge is 0.255 e. The highest BCUT2D eigenvalue weighted by Gasteiger charge is 2.19. The Balaban J connectivity index is 1.56. The van der Waals surface area contributed by atoms with E-state index in [1.165, 1.54) is 0 Å². The largest absolute Gasteiger partial charge is 0.497 e. The van der Waals surface area contributed by atoms with Gasteiger partial charge in [0.1, 0.15) is 11.4 Å². The van der Waals surface area contributed by atoms with Gasteiger partial charge in [-0.3, -0.25) is 14.3 Å². The molecule has 0 atom stereocenters. The molecule has 0 saturated heterocycles. The SMILES string of the molecule is COc1cccc(-c2nn(Cc3ccccc3)cc2C(=O)NCc2cccc(NC(=O)C(C)C)c2)c1. The number of rotatable bonds is 9. The number of ether oxygens (including phenoxy) is 1. The first-order valence-electron chi connectivity index (χ1n) is 11.9. The minimum Gasteiger partial charge on any atom is -0.497 e. The van der Waals surface area contributed by atoms with Gasteiger partial charge in [0, 0.05) is 29.9 Å². The second-order valence-corrected chi connectivity index (χ2v) is 8.83. The summed E-state index contributed by atoms with van der Waals surface area (Å²) in [6.07, 6.45) is 1.77. The van der Waals surface area contributed by atoms with Crippen molar-refractivity contribution in [1.82, 2.24) is 15.1 Å². The highest BCUT2D eigenvalue weighted by molar-refractivity contribution is 6.00. The Kier molecular flexibility index (Phi) is 7.80. The minimum absolute atomic E-state index is 0.0510. The van der Waals surface area contributed by atoms with Crippen LogP contribution in [0.3, 0.4) is 0 Å². The highest BCUT2D eigenvalue weighted by Crippen LogP contribution is 2.26. The number of aromatic nitrogens is 2. The van der Waals surface area contributed by atoms with Gasteiger partial charge < -0.3 is 15.4 Å². The first-order chi connectivity index (χ1) is 17.4. The van der Waals surface area contributed by atoms with Crippen LogP contribution in [0.4, 0.5) is 5.69 Å². The monoisotopic (exact) mass is 482 g/mol. The van der Waals surface area contributed by atoms with Crippen LogP contribution in [0, 0.1) is 5.92 Å². The number of anilines is 1. The van der Waals surface area contributed by atoms with Crippen molar-refractivity contribution < 1.29 is 14.3 Å². The van der Waals surface area contributed by atoms with Crippen LogP contribution in [0.1, 0.15) is 35.3 Å². The maximum atomic E-state index is 13.3. The fraction of sp³-hybridized carbons (Fsp3) is 0.207. The number of hydrogen-bond donors (Lipinski definition) is 2. The normalized spacial score (nSPS) is 10.8. The lowest BCUT2D eigenvalue weighted by molar-refractivity contribution is -0.118. The zero-order valence-electron chi connectivity index (χ0n) is 20.7. The summed E-state index contributed by atoms with van der Waals surface area (Å²) in [5.74, 6) is 0.293. The Morgan fingerprint density at radius 1 is 0.944 bits per heavy atom. The molecule has 7 heteroatoms. The van der Waals surface area contributed by atoms with Crippen LogP contribution in [0.25, 0.3) is 11.3 Å². The Morgan fingerprint density at radius 3 is 2.44 bits per heavy atom. The molecule has 3 aromatic carbocycles. The van der Waals surface area contributed by atoms with E-state index < -0.39 is 0 Å². The standard InChI is InChI=1S/C29H30N4O3/c1-20(2)28(34)31-24-13-7-11-22(15-24)17-30-29(35)26-19-33(18-21-9-5-4-6-10-21)32-27(26)23-12-8-14-25(16-23)36-3/h4-16,19-20H,17-18H2,1-3H3,(H,30,35)(H,31,34). The fourth-order valence-corrected chi connectivity index (χ4v) is 3.75. The topological polar surface area (TPSA) is 85.2 Å². The molecule has 0 aliphatic rings. The summed E-state index contributed by atoms with van der Waals surface area (Å²) in [4.78, 5) is 25.3. The van der Waals surface area contributed by atoms with Crippen LogP contribution in [-0.2, 0) is 17.9 Å². The van der Waals surface area contributed by atoms with Crippen molar-refractivity contribution in [2.24, 2.45) is 5.92 Å². The number of carbonyl (C=O) groups excluding carboxylic acids is 2. The van der Waals surface area contributed by atoms with Gasteiger partial charge in [0.05, 0.1) is 19.2 Å². The lowest BCUT2D eigenvalue weighted by Crippen LogP contribution is -2.23. The van der Waals surface area contributed by atoms with Crippen LogP contribution < -0.4 is 15.4 Å². The molecule has 0 aliphatic heterocycles. The first-order valence-corrected chi connectivity index (χ1v) is 11.9. The van der Waals surface area contributed by atoms with Crippen molar-refractivity contribution in [2.45, 2.75) is 26.9 Å². The quantitative estimate of drug-likeness (QED) is 0.346. The molecule has 184 valence electrons. The molecular weight excluding hydrogens is 452 g/mol. The third kappa shape index (κ3) is 6.18. The van der Waals surface area contributed by atoms with Crippen LogP contribution in [0.2, 0.25) is 0 Å². The molecule has 0 spiro atoms. The molecule has 0 saturated carbocycles. The van der Waals surface area contributed by atoms with Crippen molar-refractivity contribution >= 4 is 17.5 Å². The first kappa shape index (κ1) is 24.7. The summed E-state index contributed by atoms with van der Waals surface area (Å²) >= 11 is 0. The predicted molar refractivity (Wildman–Crippen MR) is 141 cm³/mol. The van der Waals surface area contributed by atoms with E-state index in [1.54, 1.807) is 18.0 Å². The lowest BCUT2D eigenvalue weighted by atomic mass is 10.1. The predicted octanol–water partition coefficient (Wildman–Crippen LogP) is 5.13. The number of nitrogens with zero attached hydrogens (tertiary/aromatic N) is 2. The van der Waals surface area contributed by atoms with Gasteiger partial charge in [0.15, 0.2) is 0 Å². The van der Waals surface area contributed by atoms with Crippen LogP contribution in [0.5, 0.6) is 5.75 Å². The van der Waals surface area contributed by atoms with Gasteiger partial charge in [0.25, 0.3) is 5.91 Å². The Morgan fingerprint density at radius 2 is 1.69 bits per heavy atom. The van der Waals surface area contributed by atoms with Crippen molar-refractivity contribution in [2.75, 3.05) is 12.4 Å². The van der Waals surface area contributed by atoms with Crippen LogP contribution >= 0.6 is 0 Å². The zero-order chi connectivity index (χ0) is 25.5. The van der Waals surface area contributed by atoms with E-state index in [0.717, 1.165) is 16.7 Å². The lowest BCUT2D eigenvalue weighted by Gasteiger charge is -2.10. The van der Waals surface area contributed by atoms with E-state index in [2.05, 4.69) is 10.6 Å². The van der Waals surface area contributed by atoms with Gasteiger partial charge in [0.2, 0.25) is 5.91 Å². The summed E-state index contributed by atoms with van der Waals surface area (Å²) < 4.78 is 7.15. The minimum atomic E-state index is -0.233. The summed E-state index contributed by atoms with van der Waals surface area (Å²) in [5.41, 5.74) is 4.52. The summed E-state index contributed by atoms with van der Waals surface area (Å²) in [7, 11) is 1.61. The van der Waals surface area contributed by atoms with Crippen molar-refractivity contribution in [3.8, 4) is 17.0 Å². The summed E-state index contributed by atoms with van der Waals surface area (Å²) in [6, 6.07) is 25.0. The van der Waals surface area contributed by atoms with Gasteiger partial charge >= 0.3 is 0 Å². The molecule has 0 aliphatic carbocycles. The number of nitrogens with one attached hydrogen (secondary N) is 2. The molecule has 1 aromatic heterocycles. The number of carbonyl (C=O) groups is 2. The van der Waals surface area contributed by atoms with E-state index in [4.69, 9.17) is 9.84 Å². The highest BCUT2D eigenvalue weighted by atomic mass is 16.5. The molecule has 0 bridgehead atoms. The molecule has 1 heterocycles. The van der Waals surface area contributed by atoms with E-state index >= 15 is 0 Å². The van der Waals surface area contributed by atoms with E-state index in [9.17, 15) is 9.59 Å².